The molecule has 0 aliphatic carbocycles. The van der Waals surface area contributed by atoms with Crippen molar-refractivity contribution in [2.24, 2.45) is 0 Å². The minimum atomic E-state index is -2.92. The topological polar surface area (TPSA) is 35.5 Å². The summed E-state index contributed by atoms with van der Waals surface area (Å²) in [4.78, 5) is 0. The first-order valence-corrected chi connectivity index (χ1v) is 12.3. The van der Waals surface area contributed by atoms with E-state index in [0.29, 0.717) is 12.8 Å². The molecule has 0 saturated heterocycles. The van der Waals surface area contributed by atoms with Gasteiger partial charge >= 0.3 is 7.60 Å². The van der Waals surface area contributed by atoms with Gasteiger partial charge in [0.1, 0.15) is 0 Å². The lowest BCUT2D eigenvalue weighted by atomic mass is 10.1. The summed E-state index contributed by atoms with van der Waals surface area (Å²) >= 11 is 0. The molecule has 0 saturated carbocycles. The third-order valence-electron chi connectivity index (χ3n) is 4.37. The van der Waals surface area contributed by atoms with E-state index in [-0.39, 0.29) is 6.10 Å². The van der Waals surface area contributed by atoms with E-state index in [9.17, 15) is 4.57 Å². The van der Waals surface area contributed by atoms with Crippen molar-refractivity contribution >= 4 is 7.60 Å². The molecule has 0 amide bonds. The molecule has 24 heavy (non-hydrogen) atoms. The van der Waals surface area contributed by atoms with Crippen LogP contribution in [-0.2, 0) is 13.6 Å². The molecular formula is C20H43O3P. The Bertz CT molecular complexity index is 307. The maximum atomic E-state index is 13.1. The molecule has 0 spiro atoms. The van der Waals surface area contributed by atoms with Crippen molar-refractivity contribution in [3.8, 4) is 0 Å². The lowest BCUT2D eigenvalue weighted by Gasteiger charge is -2.25. The van der Waals surface area contributed by atoms with E-state index < -0.39 is 7.60 Å². The van der Waals surface area contributed by atoms with E-state index in [0.717, 1.165) is 51.4 Å². The van der Waals surface area contributed by atoms with Crippen molar-refractivity contribution in [2.75, 3.05) is 12.8 Å². The molecule has 0 heterocycles. The summed E-state index contributed by atoms with van der Waals surface area (Å²) in [6.45, 7) is 9.29. The molecule has 0 aromatic heterocycles. The zero-order valence-corrected chi connectivity index (χ0v) is 17.8. The number of unbranched alkanes of at least 4 members (excludes halogenated alkanes) is 7. The fourth-order valence-corrected chi connectivity index (χ4v) is 4.89. The Balaban J connectivity index is 4.32. The minimum absolute atomic E-state index is 0.0993. The second-order valence-electron chi connectivity index (χ2n) is 6.95. The van der Waals surface area contributed by atoms with Crippen LogP contribution in [0.15, 0.2) is 0 Å². The molecule has 0 aliphatic rings. The maximum Gasteiger partial charge on any atom is 0.330 e. The summed E-state index contributed by atoms with van der Waals surface area (Å²) in [5.41, 5.74) is 0. The van der Waals surface area contributed by atoms with Gasteiger partial charge in [-0.1, -0.05) is 85.5 Å². The molecule has 4 heteroatoms. The highest BCUT2D eigenvalue weighted by Gasteiger charge is 2.27. The van der Waals surface area contributed by atoms with Crippen LogP contribution in [0.1, 0.15) is 111 Å². The van der Waals surface area contributed by atoms with Crippen LogP contribution in [-0.4, -0.2) is 18.9 Å². The molecule has 0 N–H and O–H groups in total. The third-order valence-corrected chi connectivity index (χ3v) is 6.43. The van der Waals surface area contributed by atoms with Crippen molar-refractivity contribution in [1.29, 1.82) is 0 Å². The van der Waals surface area contributed by atoms with Gasteiger partial charge in [-0.15, -0.1) is 0 Å². The third kappa shape index (κ3) is 13.4. The molecule has 0 radical (unpaired) electrons. The molecule has 2 unspecified atom stereocenters. The van der Waals surface area contributed by atoms with Gasteiger partial charge in [0, 0.05) is 0 Å². The molecular weight excluding hydrogens is 319 g/mol. The first kappa shape index (κ1) is 24.1. The van der Waals surface area contributed by atoms with Crippen LogP contribution >= 0.6 is 7.60 Å². The smallest absolute Gasteiger partial charge is 0.309 e. The Morgan fingerprint density at radius 2 is 1.33 bits per heavy atom. The Hall–Kier alpha value is 0.150. The predicted octanol–water partition coefficient (Wildman–Crippen LogP) is 7.73. The van der Waals surface area contributed by atoms with Crippen molar-refractivity contribution in [3.63, 3.8) is 0 Å². The lowest BCUT2D eigenvalue weighted by Crippen LogP contribution is -2.14. The van der Waals surface area contributed by atoms with Gasteiger partial charge in [0.05, 0.1) is 18.9 Å². The molecule has 3 nitrogen and oxygen atoms in total. The van der Waals surface area contributed by atoms with Gasteiger partial charge in [-0.3, -0.25) is 4.57 Å². The number of hydrogen-bond acceptors (Lipinski definition) is 3. The highest BCUT2D eigenvalue weighted by Crippen LogP contribution is 2.51. The van der Waals surface area contributed by atoms with Crippen molar-refractivity contribution in [1.82, 2.24) is 0 Å². The van der Waals surface area contributed by atoms with Gasteiger partial charge in [0.15, 0.2) is 0 Å². The SMILES string of the molecule is CCCCCCCCOP(=O)(CCCC)OC(CCC)CCCC. The van der Waals surface area contributed by atoms with Crippen LogP contribution < -0.4 is 0 Å². The van der Waals surface area contributed by atoms with E-state index in [4.69, 9.17) is 9.05 Å². The van der Waals surface area contributed by atoms with Crippen molar-refractivity contribution < 1.29 is 13.6 Å². The van der Waals surface area contributed by atoms with E-state index >= 15 is 0 Å². The zero-order chi connectivity index (χ0) is 18.1. The van der Waals surface area contributed by atoms with Gasteiger partial charge < -0.3 is 9.05 Å². The Morgan fingerprint density at radius 1 is 0.708 bits per heavy atom. The highest BCUT2D eigenvalue weighted by atomic mass is 31.2. The van der Waals surface area contributed by atoms with Crippen LogP contribution in [0.5, 0.6) is 0 Å². The molecule has 146 valence electrons. The van der Waals surface area contributed by atoms with Crippen LogP contribution in [0.4, 0.5) is 0 Å². The van der Waals surface area contributed by atoms with E-state index in [2.05, 4.69) is 27.7 Å². The summed E-state index contributed by atoms with van der Waals surface area (Å²) in [7, 11) is -2.92. The first-order valence-electron chi connectivity index (χ1n) is 10.5. The standard InChI is InChI=1S/C20H43O3P/c1-5-9-12-13-14-15-18-22-24(21,19-11-7-3)23-20(16-8-4)17-10-6-2/h20H,5-19H2,1-4H3. The van der Waals surface area contributed by atoms with Gasteiger partial charge in [-0.2, -0.15) is 0 Å². The Kier molecular flexibility index (Phi) is 16.7. The quantitative estimate of drug-likeness (QED) is 0.185. The van der Waals surface area contributed by atoms with Gasteiger partial charge in [-0.25, -0.2) is 0 Å². The fraction of sp³-hybridized carbons (Fsp3) is 1.00. The van der Waals surface area contributed by atoms with Crippen molar-refractivity contribution in [2.45, 2.75) is 117 Å². The largest absolute Gasteiger partial charge is 0.330 e. The highest BCUT2D eigenvalue weighted by molar-refractivity contribution is 7.53. The van der Waals surface area contributed by atoms with E-state index in [1.807, 2.05) is 0 Å². The summed E-state index contributed by atoms with van der Waals surface area (Å²) < 4.78 is 25.0. The van der Waals surface area contributed by atoms with Crippen LogP contribution in [0.25, 0.3) is 0 Å². The molecule has 0 bridgehead atoms. The van der Waals surface area contributed by atoms with Gasteiger partial charge in [0.2, 0.25) is 0 Å². The summed E-state index contributed by atoms with van der Waals surface area (Å²) in [5.74, 6) is 0. The Labute approximate surface area is 151 Å². The zero-order valence-electron chi connectivity index (χ0n) is 16.9. The average Bonchev–Trinajstić information content (AvgIpc) is 2.57. The lowest BCUT2D eigenvalue weighted by molar-refractivity contribution is 0.129. The minimum Gasteiger partial charge on any atom is -0.309 e. The first-order chi connectivity index (χ1) is 11.6. The van der Waals surface area contributed by atoms with Crippen LogP contribution in [0, 0.1) is 0 Å². The molecule has 0 fully saturated rings. The maximum absolute atomic E-state index is 13.1. The second-order valence-corrected chi connectivity index (χ2v) is 9.09. The second kappa shape index (κ2) is 16.6. The molecule has 2 atom stereocenters. The monoisotopic (exact) mass is 362 g/mol. The van der Waals surface area contributed by atoms with Crippen LogP contribution in [0.3, 0.4) is 0 Å². The summed E-state index contributed by atoms with van der Waals surface area (Å²) in [5, 5.41) is 0. The summed E-state index contributed by atoms with van der Waals surface area (Å²) in [6.07, 6.45) is 15.3. The van der Waals surface area contributed by atoms with Gasteiger partial charge in [-0.05, 0) is 25.7 Å². The van der Waals surface area contributed by atoms with Gasteiger partial charge in [0.25, 0.3) is 0 Å². The molecule has 0 rings (SSSR count). The van der Waals surface area contributed by atoms with Crippen molar-refractivity contribution in [3.05, 3.63) is 0 Å². The van der Waals surface area contributed by atoms with E-state index in [1.165, 1.54) is 32.1 Å². The Morgan fingerprint density at radius 3 is 1.96 bits per heavy atom. The van der Waals surface area contributed by atoms with Crippen LogP contribution in [0.2, 0.25) is 0 Å². The molecule has 0 aromatic carbocycles. The van der Waals surface area contributed by atoms with E-state index in [1.54, 1.807) is 0 Å². The molecule has 0 aromatic rings. The number of hydrogen-bond donors (Lipinski definition) is 0. The fourth-order valence-electron chi connectivity index (χ4n) is 2.82. The number of rotatable bonds is 18. The average molecular weight is 363 g/mol. The summed E-state index contributed by atoms with van der Waals surface area (Å²) in [6, 6.07) is 0. The predicted molar refractivity (Wildman–Crippen MR) is 106 cm³/mol. The normalized spacial score (nSPS) is 15.3. The molecule has 0 aliphatic heterocycles.